The number of nitrogens with one attached hydrogen (secondary N) is 1. The number of likely N-dealkylation sites (tertiary alicyclic amines) is 1. The van der Waals surface area contributed by atoms with E-state index in [1.807, 2.05) is 20.8 Å². The number of carbonyl (C=O) groups is 3. The predicted octanol–water partition coefficient (Wildman–Crippen LogP) is 0.938. The Kier molecular flexibility index (Phi) is 6.12. The van der Waals surface area contributed by atoms with Crippen molar-refractivity contribution in [2.75, 3.05) is 13.6 Å². The average Bonchev–Trinajstić information content (AvgIpc) is 3.33. The summed E-state index contributed by atoms with van der Waals surface area (Å²) < 4.78 is 1.47. The van der Waals surface area contributed by atoms with E-state index in [4.69, 9.17) is 5.11 Å². The zero-order valence-corrected chi connectivity index (χ0v) is 17.9. The molecule has 1 aliphatic heterocycles. The van der Waals surface area contributed by atoms with Crippen LogP contribution in [0.5, 0.6) is 0 Å². The second-order valence-corrected chi connectivity index (χ2v) is 8.75. The fourth-order valence-electron chi connectivity index (χ4n) is 3.83. The number of aliphatic hydroxyl groups excluding tert-OH is 1. The van der Waals surface area contributed by atoms with Gasteiger partial charge in [0.1, 0.15) is 17.8 Å². The molecule has 0 spiro atoms. The maximum absolute atomic E-state index is 13.5. The first kappa shape index (κ1) is 22.4. The van der Waals surface area contributed by atoms with Gasteiger partial charge in [-0.15, -0.1) is 5.10 Å². The Bertz CT molecular complexity index is 979. The number of benzene rings is 1. The van der Waals surface area contributed by atoms with E-state index in [1.165, 1.54) is 28.8 Å². The zero-order chi connectivity index (χ0) is 22.9. The smallest absolute Gasteiger partial charge is 0.335 e. The molecule has 0 radical (unpaired) electrons. The van der Waals surface area contributed by atoms with Crippen LogP contribution in [0.4, 0.5) is 0 Å². The monoisotopic (exact) mass is 429 g/mol. The number of aliphatic hydroxyl groups is 1. The molecular weight excluding hydrogens is 402 g/mol. The van der Waals surface area contributed by atoms with E-state index < -0.39 is 29.6 Å². The molecule has 3 atom stereocenters. The van der Waals surface area contributed by atoms with Crippen LogP contribution in [0, 0.1) is 5.41 Å². The maximum Gasteiger partial charge on any atom is 0.335 e. The van der Waals surface area contributed by atoms with Crippen molar-refractivity contribution in [3.63, 3.8) is 0 Å². The third kappa shape index (κ3) is 4.58. The van der Waals surface area contributed by atoms with E-state index in [1.54, 1.807) is 18.3 Å². The molecule has 1 aromatic heterocycles. The molecule has 166 valence electrons. The molecule has 0 bridgehead atoms. The fourth-order valence-corrected chi connectivity index (χ4v) is 3.83. The summed E-state index contributed by atoms with van der Waals surface area (Å²) >= 11 is 0. The molecule has 3 rings (SSSR count). The minimum atomic E-state index is -1.02. The van der Waals surface area contributed by atoms with Gasteiger partial charge in [-0.25, -0.2) is 9.48 Å². The van der Waals surface area contributed by atoms with Crippen molar-refractivity contribution in [3.05, 3.63) is 36.0 Å². The summed E-state index contributed by atoms with van der Waals surface area (Å²) in [5.41, 5.74) is 0.752. The molecule has 2 heterocycles. The standard InChI is InChI=1S/C21H27N5O5/c1-21(2,3)17(19(29)25-10-14(27)9-16(25)18(28)22-4)26-11-15(23-24-26)12-5-7-13(8-6-12)20(30)31/h5-8,11,14,16-17,27H,9-10H2,1-4H3,(H,22,28)(H,30,31)/t14-,16+,17-/m1/s1. The summed E-state index contributed by atoms with van der Waals surface area (Å²) in [5.74, 6) is -1.67. The van der Waals surface area contributed by atoms with Crippen LogP contribution in [-0.2, 0) is 9.59 Å². The van der Waals surface area contributed by atoms with Gasteiger partial charge in [0.2, 0.25) is 11.8 Å². The number of hydrogen-bond acceptors (Lipinski definition) is 6. The Morgan fingerprint density at radius 1 is 1.19 bits per heavy atom. The van der Waals surface area contributed by atoms with Crippen molar-refractivity contribution in [2.45, 2.75) is 45.4 Å². The number of carboxylic acid groups (broad SMARTS) is 1. The molecule has 3 N–H and O–H groups in total. The molecule has 0 aliphatic carbocycles. The third-order valence-corrected chi connectivity index (χ3v) is 5.37. The fraction of sp³-hybridized carbons (Fsp3) is 0.476. The minimum absolute atomic E-state index is 0.0711. The topological polar surface area (TPSA) is 138 Å². The average molecular weight is 429 g/mol. The molecule has 10 heteroatoms. The first-order valence-electron chi connectivity index (χ1n) is 9.98. The van der Waals surface area contributed by atoms with Gasteiger partial charge in [0.25, 0.3) is 0 Å². The molecule has 1 fully saturated rings. The van der Waals surface area contributed by atoms with Crippen molar-refractivity contribution in [1.82, 2.24) is 25.2 Å². The van der Waals surface area contributed by atoms with E-state index in [2.05, 4.69) is 15.6 Å². The molecule has 1 aromatic carbocycles. The highest BCUT2D eigenvalue weighted by molar-refractivity contribution is 5.90. The lowest BCUT2D eigenvalue weighted by Crippen LogP contribution is -2.49. The highest BCUT2D eigenvalue weighted by Crippen LogP contribution is 2.35. The molecule has 2 amide bonds. The second-order valence-electron chi connectivity index (χ2n) is 8.75. The Labute approximate surface area is 179 Å². The number of amides is 2. The van der Waals surface area contributed by atoms with Gasteiger partial charge in [0.05, 0.1) is 17.9 Å². The lowest BCUT2D eigenvalue weighted by Gasteiger charge is -2.34. The zero-order valence-electron chi connectivity index (χ0n) is 17.9. The Morgan fingerprint density at radius 3 is 2.39 bits per heavy atom. The van der Waals surface area contributed by atoms with Crippen LogP contribution in [-0.4, -0.2) is 73.6 Å². The summed E-state index contributed by atoms with van der Waals surface area (Å²) in [6.45, 7) is 5.74. The number of nitrogens with zero attached hydrogens (tertiary/aromatic N) is 4. The first-order chi connectivity index (χ1) is 14.5. The van der Waals surface area contributed by atoms with Crippen molar-refractivity contribution in [2.24, 2.45) is 5.41 Å². The minimum Gasteiger partial charge on any atom is -0.478 e. The van der Waals surface area contributed by atoms with Crippen LogP contribution in [0.15, 0.2) is 30.5 Å². The van der Waals surface area contributed by atoms with Crippen molar-refractivity contribution >= 4 is 17.8 Å². The van der Waals surface area contributed by atoms with E-state index in [0.717, 1.165) is 0 Å². The summed E-state index contributed by atoms with van der Waals surface area (Å²) in [6, 6.07) is 4.70. The second kappa shape index (κ2) is 8.46. The van der Waals surface area contributed by atoms with Crippen LogP contribution < -0.4 is 5.32 Å². The van der Waals surface area contributed by atoms with Crippen LogP contribution in [0.1, 0.15) is 43.6 Å². The van der Waals surface area contributed by atoms with Gasteiger partial charge >= 0.3 is 5.97 Å². The van der Waals surface area contributed by atoms with E-state index >= 15 is 0 Å². The maximum atomic E-state index is 13.5. The van der Waals surface area contributed by atoms with Gasteiger partial charge in [-0.3, -0.25) is 9.59 Å². The molecule has 1 saturated heterocycles. The van der Waals surface area contributed by atoms with Gasteiger partial charge in [-0.1, -0.05) is 38.1 Å². The van der Waals surface area contributed by atoms with Crippen molar-refractivity contribution in [1.29, 1.82) is 0 Å². The number of carboxylic acids is 1. The van der Waals surface area contributed by atoms with Gasteiger partial charge in [0.15, 0.2) is 0 Å². The first-order valence-corrected chi connectivity index (χ1v) is 9.98. The third-order valence-electron chi connectivity index (χ3n) is 5.37. The molecule has 2 aromatic rings. The lowest BCUT2D eigenvalue weighted by atomic mass is 9.85. The van der Waals surface area contributed by atoms with Gasteiger partial charge in [0, 0.05) is 25.6 Å². The summed E-state index contributed by atoms with van der Waals surface area (Å²) in [6.07, 6.45) is 1.04. The number of likely N-dealkylation sites (N-methyl/N-ethyl adjacent to an activating group) is 1. The highest BCUT2D eigenvalue weighted by atomic mass is 16.4. The largest absolute Gasteiger partial charge is 0.478 e. The number of aromatic nitrogens is 3. The van der Waals surface area contributed by atoms with Gasteiger partial charge in [-0.2, -0.15) is 0 Å². The van der Waals surface area contributed by atoms with Crippen LogP contribution in [0.25, 0.3) is 11.3 Å². The Morgan fingerprint density at radius 2 is 1.84 bits per heavy atom. The quantitative estimate of drug-likeness (QED) is 0.643. The number of hydrogen-bond donors (Lipinski definition) is 3. The molecule has 31 heavy (non-hydrogen) atoms. The normalized spacial score (nSPS) is 19.8. The van der Waals surface area contributed by atoms with Crippen LogP contribution in [0.3, 0.4) is 0 Å². The summed E-state index contributed by atoms with van der Waals surface area (Å²) in [5, 5.41) is 30.0. The SMILES string of the molecule is CNC(=O)[C@@H]1C[C@@H](O)CN1C(=O)[C@@H](n1cc(-c2ccc(C(=O)O)cc2)nn1)C(C)(C)C. The number of β-amino-alcohol motifs (C(OH)–C–C–N with tert-alkyl or cyclic N) is 1. The van der Waals surface area contributed by atoms with E-state index in [-0.39, 0.29) is 30.3 Å². The van der Waals surface area contributed by atoms with Crippen LogP contribution >= 0.6 is 0 Å². The highest BCUT2D eigenvalue weighted by Gasteiger charge is 2.45. The molecular formula is C21H27N5O5. The summed E-state index contributed by atoms with van der Waals surface area (Å²) in [4.78, 5) is 38.2. The number of rotatable bonds is 5. The predicted molar refractivity (Wildman–Crippen MR) is 111 cm³/mol. The summed E-state index contributed by atoms with van der Waals surface area (Å²) in [7, 11) is 1.50. The molecule has 0 saturated carbocycles. The van der Waals surface area contributed by atoms with Crippen molar-refractivity contribution < 1.29 is 24.6 Å². The number of aromatic carboxylic acids is 1. The van der Waals surface area contributed by atoms with Gasteiger partial charge < -0.3 is 20.4 Å². The molecule has 0 unspecified atom stereocenters. The number of carbonyl (C=O) groups excluding carboxylic acids is 2. The van der Waals surface area contributed by atoms with Crippen LogP contribution in [0.2, 0.25) is 0 Å². The van der Waals surface area contributed by atoms with Gasteiger partial charge in [-0.05, 0) is 17.5 Å². The Hall–Kier alpha value is -3.27. The Balaban J connectivity index is 1.93. The lowest BCUT2D eigenvalue weighted by molar-refractivity contribution is -0.144. The molecule has 10 nitrogen and oxygen atoms in total. The van der Waals surface area contributed by atoms with E-state index in [9.17, 15) is 19.5 Å². The van der Waals surface area contributed by atoms with E-state index in [0.29, 0.717) is 11.3 Å². The van der Waals surface area contributed by atoms with Crippen molar-refractivity contribution in [3.8, 4) is 11.3 Å². The molecule has 1 aliphatic rings.